The number of aromatic nitrogens is 3. The van der Waals surface area contributed by atoms with Crippen LogP contribution in [0.2, 0.25) is 0 Å². The normalized spacial score (nSPS) is 15.0. The lowest BCUT2D eigenvalue weighted by Gasteiger charge is -2.17. The van der Waals surface area contributed by atoms with Crippen molar-refractivity contribution in [3.05, 3.63) is 65.9 Å². The summed E-state index contributed by atoms with van der Waals surface area (Å²) in [5.74, 6) is 1.96. The predicted octanol–water partition coefficient (Wildman–Crippen LogP) is 4.15. The molecule has 146 valence electrons. The lowest BCUT2D eigenvalue weighted by molar-refractivity contribution is -0.120. The molecule has 1 N–H and O–H groups in total. The summed E-state index contributed by atoms with van der Waals surface area (Å²) in [6, 6.07) is 14.0. The van der Waals surface area contributed by atoms with E-state index in [0.29, 0.717) is 12.6 Å². The monoisotopic (exact) mass is 396 g/mol. The fourth-order valence-corrected chi connectivity index (χ4v) is 4.08. The lowest BCUT2D eigenvalue weighted by Crippen LogP contribution is -2.30. The van der Waals surface area contributed by atoms with Gasteiger partial charge in [0.1, 0.15) is 16.8 Å². The van der Waals surface area contributed by atoms with Crippen molar-refractivity contribution in [1.82, 2.24) is 20.1 Å². The summed E-state index contributed by atoms with van der Waals surface area (Å²) in [4.78, 5) is 13.0. The van der Waals surface area contributed by atoms with Crippen LogP contribution < -0.4 is 5.32 Å². The summed E-state index contributed by atoms with van der Waals surface area (Å²) >= 11 is 1.44. The van der Waals surface area contributed by atoms with E-state index in [9.17, 15) is 4.79 Å². The summed E-state index contributed by atoms with van der Waals surface area (Å²) in [5.41, 5.74) is 0.962. The second-order valence-corrected chi connectivity index (χ2v) is 8.42. The highest BCUT2D eigenvalue weighted by molar-refractivity contribution is 8.00. The number of furan rings is 1. The van der Waals surface area contributed by atoms with Crippen molar-refractivity contribution in [2.75, 3.05) is 0 Å². The fourth-order valence-electron chi connectivity index (χ4n) is 3.03. The Morgan fingerprint density at radius 1 is 1.21 bits per heavy atom. The van der Waals surface area contributed by atoms with Crippen LogP contribution in [-0.2, 0) is 11.3 Å². The van der Waals surface area contributed by atoms with Crippen LogP contribution in [0.25, 0.3) is 0 Å². The van der Waals surface area contributed by atoms with Gasteiger partial charge in [0.2, 0.25) is 5.91 Å². The van der Waals surface area contributed by atoms with Crippen LogP contribution in [0.15, 0.2) is 58.3 Å². The van der Waals surface area contributed by atoms with Gasteiger partial charge in [-0.25, -0.2) is 0 Å². The number of nitrogens with one attached hydrogen (secondary N) is 1. The molecule has 2 heterocycles. The first kappa shape index (κ1) is 18.8. The van der Waals surface area contributed by atoms with Crippen LogP contribution in [-0.4, -0.2) is 26.7 Å². The van der Waals surface area contributed by atoms with Crippen molar-refractivity contribution in [2.24, 2.45) is 0 Å². The fraction of sp³-hybridized carbons (Fsp3) is 0.381. The predicted molar refractivity (Wildman–Crippen MR) is 108 cm³/mol. The third-order valence-corrected chi connectivity index (χ3v) is 5.88. The molecule has 6 nitrogen and oxygen atoms in total. The van der Waals surface area contributed by atoms with E-state index in [2.05, 4.69) is 33.9 Å². The largest absolute Gasteiger partial charge is 0.467 e. The molecule has 0 bridgehead atoms. The van der Waals surface area contributed by atoms with Crippen molar-refractivity contribution in [1.29, 1.82) is 0 Å². The van der Waals surface area contributed by atoms with Gasteiger partial charge in [-0.15, -0.1) is 10.2 Å². The third-order valence-electron chi connectivity index (χ3n) is 4.64. The highest BCUT2D eigenvalue weighted by atomic mass is 32.2. The standard InChI is InChI=1S/C21H24N4O2S/c1-14(2)19-23-24-21(25(19)13-17-9-6-12-27-17)28-18(15-7-4-3-5-8-15)20(26)22-16-10-11-16/h3-9,12,14,16,18H,10-11,13H2,1-2H3,(H,22,26). The molecule has 1 aromatic carbocycles. The first-order chi connectivity index (χ1) is 13.6. The molecule has 1 aliphatic rings. The minimum atomic E-state index is -0.374. The maximum absolute atomic E-state index is 13.0. The van der Waals surface area contributed by atoms with Crippen LogP contribution >= 0.6 is 11.8 Å². The van der Waals surface area contributed by atoms with Crippen molar-refractivity contribution in [2.45, 2.75) is 55.6 Å². The highest BCUT2D eigenvalue weighted by Gasteiger charge is 2.31. The van der Waals surface area contributed by atoms with Gasteiger partial charge >= 0.3 is 0 Å². The molecule has 1 amide bonds. The van der Waals surface area contributed by atoms with Crippen molar-refractivity contribution < 1.29 is 9.21 Å². The molecule has 7 heteroatoms. The maximum atomic E-state index is 13.0. The molecule has 0 aliphatic heterocycles. The van der Waals surface area contributed by atoms with Gasteiger partial charge in [0, 0.05) is 12.0 Å². The number of thioether (sulfide) groups is 1. The molecule has 2 aromatic heterocycles. The molecule has 28 heavy (non-hydrogen) atoms. The van der Waals surface area contributed by atoms with E-state index in [4.69, 9.17) is 4.42 Å². The average molecular weight is 397 g/mol. The van der Waals surface area contributed by atoms with Crippen LogP contribution in [0.3, 0.4) is 0 Å². The Kier molecular flexibility index (Phi) is 5.52. The molecule has 1 atom stereocenters. The number of rotatable bonds is 8. The van der Waals surface area contributed by atoms with E-state index in [1.165, 1.54) is 11.8 Å². The van der Waals surface area contributed by atoms with Gasteiger partial charge in [-0.1, -0.05) is 55.9 Å². The van der Waals surface area contributed by atoms with Crippen LogP contribution in [0.4, 0.5) is 0 Å². The molecule has 4 rings (SSSR count). The van der Waals surface area contributed by atoms with Gasteiger partial charge in [-0.2, -0.15) is 0 Å². The molecule has 1 aliphatic carbocycles. The van der Waals surface area contributed by atoms with E-state index in [1.807, 2.05) is 42.5 Å². The van der Waals surface area contributed by atoms with E-state index >= 15 is 0 Å². The minimum Gasteiger partial charge on any atom is -0.467 e. The molecule has 1 saturated carbocycles. The Labute approximate surface area is 168 Å². The Balaban J connectivity index is 1.64. The number of carbonyl (C=O) groups is 1. The van der Waals surface area contributed by atoms with E-state index in [1.54, 1.807) is 6.26 Å². The Morgan fingerprint density at radius 2 is 2.00 bits per heavy atom. The summed E-state index contributed by atoms with van der Waals surface area (Å²) in [6.07, 6.45) is 3.78. The Hall–Kier alpha value is -2.54. The molecule has 1 unspecified atom stereocenters. The molecule has 0 radical (unpaired) electrons. The summed E-state index contributed by atoms with van der Waals surface area (Å²) in [5, 5.41) is 12.3. The minimum absolute atomic E-state index is 0.0253. The molecule has 0 spiro atoms. The van der Waals surface area contributed by atoms with Crippen LogP contribution in [0.1, 0.15) is 55.0 Å². The zero-order valence-electron chi connectivity index (χ0n) is 16.0. The van der Waals surface area contributed by atoms with E-state index in [0.717, 1.165) is 35.1 Å². The zero-order chi connectivity index (χ0) is 19.5. The van der Waals surface area contributed by atoms with Gasteiger partial charge in [0.15, 0.2) is 5.16 Å². The SMILES string of the molecule is CC(C)c1nnc(SC(C(=O)NC2CC2)c2ccccc2)n1Cc1ccco1. The first-order valence-corrected chi connectivity index (χ1v) is 10.5. The summed E-state index contributed by atoms with van der Waals surface area (Å²) < 4.78 is 7.58. The van der Waals surface area contributed by atoms with E-state index in [-0.39, 0.29) is 17.1 Å². The quantitative estimate of drug-likeness (QED) is 0.579. The molecule has 1 fully saturated rings. The van der Waals surface area contributed by atoms with E-state index < -0.39 is 0 Å². The molecular formula is C21H24N4O2S. The zero-order valence-corrected chi connectivity index (χ0v) is 16.9. The second kappa shape index (κ2) is 8.22. The van der Waals surface area contributed by atoms with Gasteiger partial charge < -0.3 is 9.73 Å². The number of hydrogen-bond donors (Lipinski definition) is 1. The molecule has 0 saturated heterocycles. The number of benzene rings is 1. The number of carbonyl (C=O) groups excluding carboxylic acids is 1. The molecule has 3 aromatic rings. The molecular weight excluding hydrogens is 372 g/mol. The summed E-state index contributed by atoms with van der Waals surface area (Å²) in [6.45, 7) is 4.72. The smallest absolute Gasteiger partial charge is 0.238 e. The lowest BCUT2D eigenvalue weighted by atomic mass is 10.1. The number of nitrogens with zero attached hydrogens (tertiary/aromatic N) is 3. The van der Waals surface area contributed by atoms with Gasteiger partial charge in [-0.3, -0.25) is 9.36 Å². The second-order valence-electron chi connectivity index (χ2n) is 7.35. The van der Waals surface area contributed by atoms with Crippen molar-refractivity contribution in [3.63, 3.8) is 0 Å². The summed E-state index contributed by atoms with van der Waals surface area (Å²) in [7, 11) is 0. The average Bonchev–Trinajstić information content (AvgIpc) is 3.19. The Morgan fingerprint density at radius 3 is 2.64 bits per heavy atom. The third kappa shape index (κ3) is 4.30. The van der Waals surface area contributed by atoms with Crippen LogP contribution in [0, 0.1) is 0 Å². The van der Waals surface area contributed by atoms with Gasteiger partial charge in [0.25, 0.3) is 0 Å². The van der Waals surface area contributed by atoms with Crippen molar-refractivity contribution >= 4 is 17.7 Å². The maximum Gasteiger partial charge on any atom is 0.238 e. The number of hydrogen-bond acceptors (Lipinski definition) is 5. The van der Waals surface area contributed by atoms with Crippen LogP contribution in [0.5, 0.6) is 0 Å². The first-order valence-electron chi connectivity index (χ1n) is 9.59. The van der Waals surface area contributed by atoms with Gasteiger partial charge in [-0.05, 0) is 30.5 Å². The van der Waals surface area contributed by atoms with Gasteiger partial charge in [0.05, 0.1) is 12.8 Å². The topological polar surface area (TPSA) is 73.0 Å². The highest BCUT2D eigenvalue weighted by Crippen LogP contribution is 2.36. The Bertz CT molecular complexity index is 917. The number of amides is 1. The van der Waals surface area contributed by atoms with Crippen molar-refractivity contribution in [3.8, 4) is 0 Å².